The molecular weight excluding hydrogens is 242 g/mol. The van der Waals surface area contributed by atoms with E-state index in [1.165, 1.54) is 11.8 Å². The summed E-state index contributed by atoms with van der Waals surface area (Å²) in [5, 5.41) is 11.4. The van der Waals surface area contributed by atoms with Gasteiger partial charge in [-0.05, 0) is 26.0 Å². The van der Waals surface area contributed by atoms with Crippen molar-refractivity contribution >= 4 is 17.5 Å². The van der Waals surface area contributed by atoms with E-state index in [1.54, 1.807) is 38.2 Å². The zero-order valence-corrected chi connectivity index (χ0v) is 11.3. The number of benzene rings is 1. The molecule has 0 saturated carbocycles. The molecule has 0 aliphatic heterocycles. The smallest absolute Gasteiger partial charge is 0.321 e. The summed E-state index contributed by atoms with van der Waals surface area (Å²) in [5.41, 5.74) is 1.11. The van der Waals surface area contributed by atoms with Gasteiger partial charge in [0, 0.05) is 24.8 Å². The maximum absolute atomic E-state index is 11.9. The Hall–Kier alpha value is -2.35. The summed E-state index contributed by atoms with van der Waals surface area (Å²) in [4.78, 5) is 24.5. The first-order valence-corrected chi connectivity index (χ1v) is 5.96. The Morgan fingerprint density at radius 1 is 1.47 bits per heavy atom. The molecule has 5 nitrogen and oxygen atoms in total. The number of nitrogens with zero attached hydrogens (tertiary/aromatic N) is 2. The molecule has 0 aromatic heterocycles. The number of hydrogen-bond donors (Lipinski definition) is 1. The van der Waals surface area contributed by atoms with Gasteiger partial charge < -0.3 is 10.2 Å². The summed E-state index contributed by atoms with van der Waals surface area (Å²) >= 11 is 0. The molecule has 1 N–H and O–H groups in total. The molecule has 0 saturated heterocycles. The van der Waals surface area contributed by atoms with Gasteiger partial charge in [-0.1, -0.05) is 12.1 Å². The molecule has 0 fully saturated rings. The lowest BCUT2D eigenvalue weighted by Crippen LogP contribution is -2.34. The van der Waals surface area contributed by atoms with Crippen LogP contribution in [0.4, 0.5) is 10.5 Å². The molecule has 0 spiro atoms. The summed E-state index contributed by atoms with van der Waals surface area (Å²) in [6.45, 7) is 3.58. The number of urea groups is 1. The number of amides is 2. The van der Waals surface area contributed by atoms with E-state index >= 15 is 0 Å². The highest BCUT2D eigenvalue weighted by molar-refractivity contribution is 5.96. The van der Waals surface area contributed by atoms with Crippen LogP contribution < -0.4 is 5.32 Å². The largest absolute Gasteiger partial charge is 0.326 e. The average Bonchev–Trinajstić information content (AvgIpc) is 2.38. The molecule has 0 radical (unpaired) electrons. The van der Waals surface area contributed by atoms with E-state index in [0.29, 0.717) is 17.8 Å². The van der Waals surface area contributed by atoms with Crippen molar-refractivity contribution in [2.75, 3.05) is 18.9 Å². The van der Waals surface area contributed by atoms with Crippen molar-refractivity contribution in [1.82, 2.24) is 4.90 Å². The summed E-state index contributed by atoms with van der Waals surface area (Å²) in [6, 6.07) is 8.52. The van der Waals surface area contributed by atoms with Crippen LogP contribution in [0.25, 0.3) is 0 Å². The third kappa shape index (κ3) is 4.43. The highest BCUT2D eigenvalue weighted by Gasteiger charge is 2.12. The van der Waals surface area contributed by atoms with Crippen molar-refractivity contribution in [3.63, 3.8) is 0 Å². The molecule has 2 amide bonds. The maximum atomic E-state index is 11.9. The van der Waals surface area contributed by atoms with E-state index in [0.717, 1.165) is 0 Å². The van der Waals surface area contributed by atoms with Gasteiger partial charge >= 0.3 is 6.03 Å². The fraction of sp³-hybridized carbons (Fsp3) is 0.357. The second kappa shape index (κ2) is 6.55. The topological polar surface area (TPSA) is 73.2 Å². The van der Waals surface area contributed by atoms with Gasteiger partial charge in [-0.2, -0.15) is 5.26 Å². The summed E-state index contributed by atoms with van der Waals surface area (Å²) in [6.07, 6.45) is 0. The van der Waals surface area contributed by atoms with E-state index in [2.05, 4.69) is 11.4 Å². The lowest BCUT2D eigenvalue weighted by Gasteiger charge is -2.19. The minimum Gasteiger partial charge on any atom is -0.326 e. The highest BCUT2D eigenvalue weighted by Crippen LogP contribution is 2.12. The molecule has 19 heavy (non-hydrogen) atoms. The molecule has 100 valence electrons. The lowest BCUT2D eigenvalue weighted by molar-refractivity contribution is 0.101. The van der Waals surface area contributed by atoms with E-state index < -0.39 is 0 Å². The predicted molar refractivity (Wildman–Crippen MR) is 72.9 cm³/mol. The molecule has 1 rings (SSSR count). The molecule has 1 aromatic carbocycles. The van der Waals surface area contributed by atoms with E-state index in [1.807, 2.05) is 0 Å². The van der Waals surface area contributed by atoms with E-state index in [-0.39, 0.29) is 17.7 Å². The van der Waals surface area contributed by atoms with Crippen LogP contribution in [0.5, 0.6) is 0 Å². The molecule has 0 bridgehead atoms. The molecule has 0 heterocycles. The summed E-state index contributed by atoms with van der Waals surface area (Å²) in [5.74, 6) is -0.276. The van der Waals surface area contributed by atoms with Gasteiger partial charge in [-0.15, -0.1) is 0 Å². The zero-order valence-electron chi connectivity index (χ0n) is 11.3. The van der Waals surface area contributed by atoms with Crippen molar-refractivity contribution < 1.29 is 9.59 Å². The molecule has 1 atom stereocenters. The minimum absolute atomic E-state index is 0.0532. The van der Waals surface area contributed by atoms with Crippen LogP contribution in [0.2, 0.25) is 0 Å². The van der Waals surface area contributed by atoms with E-state index in [9.17, 15) is 9.59 Å². The number of nitrogens with one attached hydrogen (secondary N) is 1. The maximum Gasteiger partial charge on any atom is 0.321 e. The number of anilines is 1. The lowest BCUT2D eigenvalue weighted by atomic mass is 10.1. The Labute approximate surface area is 112 Å². The first-order chi connectivity index (χ1) is 8.93. The predicted octanol–water partition coefficient (Wildman–Crippen LogP) is 2.51. The Kier molecular flexibility index (Phi) is 5.07. The van der Waals surface area contributed by atoms with Gasteiger partial charge in [0.2, 0.25) is 0 Å². The second-order valence-corrected chi connectivity index (χ2v) is 4.48. The number of nitriles is 1. The summed E-state index contributed by atoms with van der Waals surface area (Å²) < 4.78 is 0. The number of carbonyl (C=O) groups excluding carboxylic acids is 2. The average molecular weight is 259 g/mol. The van der Waals surface area contributed by atoms with Gasteiger partial charge in [-0.3, -0.25) is 4.79 Å². The molecule has 0 aliphatic rings. The Morgan fingerprint density at radius 3 is 2.74 bits per heavy atom. The number of hydrogen-bond acceptors (Lipinski definition) is 3. The van der Waals surface area contributed by atoms with Gasteiger partial charge in [0.05, 0.1) is 12.0 Å². The van der Waals surface area contributed by atoms with Crippen LogP contribution in [-0.4, -0.2) is 30.3 Å². The normalized spacial score (nSPS) is 11.3. The van der Waals surface area contributed by atoms with Gasteiger partial charge in [-0.25, -0.2) is 4.79 Å². The van der Waals surface area contributed by atoms with Gasteiger partial charge in [0.15, 0.2) is 5.78 Å². The number of rotatable bonds is 4. The highest BCUT2D eigenvalue weighted by atomic mass is 16.2. The fourth-order valence-electron chi connectivity index (χ4n) is 1.57. The summed E-state index contributed by atoms with van der Waals surface area (Å²) in [7, 11) is 1.62. The third-order valence-electron chi connectivity index (χ3n) is 2.64. The van der Waals surface area contributed by atoms with Crippen molar-refractivity contribution in [2.24, 2.45) is 5.92 Å². The Balaban J connectivity index is 2.69. The quantitative estimate of drug-likeness (QED) is 0.844. The van der Waals surface area contributed by atoms with Crippen LogP contribution in [0.3, 0.4) is 0 Å². The van der Waals surface area contributed by atoms with Crippen LogP contribution in [0.1, 0.15) is 24.2 Å². The zero-order chi connectivity index (χ0) is 14.4. The fourth-order valence-corrected chi connectivity index (χ4v) is 1.57. The molecule has 0 aliphatic carbocycles. The minimum atomic E-state index is -0.303. The molecule has 1 unspecified atom stereocenters. The second-order valence-electron chi connectivity index (χ2n) is 4.48. The van der Waals surface area contributed by atoms with Gasteiger partial charge in [0.25, 0.3) is 0 Å². The van der Waals surface area contributed by atoms with Crippen LogP contribution in [0, 0.1) is 17.2 Å². The number of Topliss-reactive ketones (excluding diaryl/α,β-unsaturated/α-hetero) is 1. The first-order valence-electron chi connectivity index (χ1n) is 5.96. The van der Waals surface area contributed by atoms with Crippen LogP contribution >= 0.6 is 0 Å². The molecular formula is C14H17N3O2. The standard InChI is InChI=1S/C14H17N3O2/c1-10(8-15)9-17(3)14(19)16-13-6-4-5-12(7-13)11(2)18/h4-7,10H,9H2,1-3H3,(H,16,19). The van der Waals surface area contributed by atoms with Crippen LogP contribution in [-0.2, 0) is 0 Å². The SMILES string of the molecule is CC(=O)c1cccc(NC(=O)N(C)CC(C)C#N)c1. The van der Waals surface area contributed by atoms with Crippen molar-refractivity contribution in [2.45, 2.75) is 13.8 Å². The molecule has 1 aromatic rings. The third-order valence-corrected chi connectivity index (χ3v) is 2.64. The van der Waals surface area contributed by atoms with Crippen molar-refractivity contribution in [3.8, 4) is 6.07 Å². The monoisotopic (exact) mass is 259 g/mol. The van der Waals surface area contributed by atoms with Gasteiger partial charge in [0.1, 0.15) is 0 Å². The Morgan fingerprint density at radius 2 is 2.16 bits per heavy atom. The molecule has 5 heteroatoms. The van der Waals surface area contributed by atoms with Crippen LogP contribution in [0.15, 0.2) is 24.3 Å². The number of ketones is 1. The van der Waals surface area contributed by atoms with Crippen molar-refractivity contribution in [3.05, 3.63) is 29.8 Å². The van der Waals surface area contributed by atoms with E-state index in [4.69, 9.17) is 5.26 Å². The van der Waals surface area contributed by atoms with Crippen molar-refractivity contribution in [1.29, 1.82) is 5.26 Å². The first kappa shape index (κ1) is 14.7. The number of carbonyl (C=O) groups is 2. The Bertz CT molecular complexity index is 520.